The Morgan fingerprint density at radius 3 is 2.67 bits per heavy atom. The van der Waals surface area contributed by atoms with Gasteiger partial charge in [-0.25, -0.2) is 13.8 Å². The molecule has 3 fully saturated rings. The number of fused-ring (bicyclic) bond motifs is 2. The normalized spacial score (nSPS) is 28.9. The zero-order valence-corrected chi connectivity index (χ0v) is 17.9. The predicted octanol–water partition coefficient (Wildman–Crippen LogP) is 3.37. The van der Waals surface area contributed by atoms with E-state index < -0.39 is 11.6 Å². The van der Waals surface area contributed by atoms with Crippen molar-refractivity contribution in [3.63, 3.8) is 0 Å². The molecule has 0 spiro atoms. The van der Waals surface area contributed by atoms with Crippen LogP contribution in [0.1, 0.15) is 37.7 Å². The van der Waals surface area contributed by atoms with Crippen LogP contribution in [0.25, 0.3) is 0 Å². The van der Waals surface area contributed by atoms with Gasteiger partial charge in [0.2, 0.25) is 0 Å². The molecule has 3 atom stereocenters. The molecular weight excluding hydrogens is 384 g/mol. The largest absolute Gasteiger partial charge is 0.340 e. The Morgan fingerprint density at radius 1 is 1.07 bits per heavy atom. The molecule has 5 nitrogen and oxygen atoms in total. The third kappa shape index (κ3) is 4.33. The lowest BCUT2D eigenvalue weighted by Gasteiger charge is -2.39. The highest BCUT2D eigenvalue weighted by molar-refractivity contribution is 5.96. The van der Waals surface area contributed by atoms with Crippen LogP contribution >= 0.6 is 0 Å². The minimum atomic E-state index is -0.803. The van der Waals surface area contributed by atoms with Gasteiger partial charge in [-0.3, -0.25) is 0 Å². The van der Waals surface area contributed by atoms with E-state index in [4.69, 9.17) is 4.99 Å². The van der Waals surface area contributed by atoms with E-state index in [1.54, 1.807) is 0 Å². The number of nitrogens with zero attached hydrogens (tertiary/aromatic N) is 4. The van der Waals surface area contributed by atoms with E-state index in [-0.39, 0.29) is 0 Å². The van der Waals surface area contributed by atoms with Gasteiger partial charge in [0.1, 0.15) is 0 Å². The maximum atomic E-state index is 13.8. The molecule has 2 aliphatic heterocycles. The Kier molecular flexibility index (Phi) is 5.67. The molecule has 164 valence electrons. The number of hydrogen-bond donors (Lipinski definition) is 1. The van der Waals surface area contributed by atoms with Crippen molar-refractivity contribution >= 4 is 11.6 Å². The summed E-state index contributed by atoms with van der Waals surface area (Å²) in [5.74, 6) is 1.07. The molecule has 30 heavy (non-hydrogen) atoms. The first-order valence-electron chi connectivity index (χ1n) is 11.5. The summed E-state index contributed by atoms with van der Waals surface area (Å²) in [6, 6.07) is 3.05. The highest BCUT2D eigenvalue weighted by Gasteiger charge is 2.44. The van der Waals surface area contributed by atoms with Gasteiger partial charge >= 0.3 is 0 Å². The summed E-state index contributed by atoms with van der Waals surface area (Å²) in [6.45, 7) is 7.03. The zero-order chi connectivity index (χ0) is 20.7. The van der Waals surface area contributed by atoms with E-state index in [0.717, 1.165) is 69.0 Å². The minimum Gasteiger partial charge on any atom is -0.340 e. The molecule has 1 N–H and O–H groups in total. The summed E-state index contributed by atoms with van der Waals surface area (Å²) >= 11 is 0. The molecule has 4 aliphatic rings. The van der Waals surface area contributed by atoms with Gasteiger partial charge in [0.05, 0.1) is 6.54 Å². The number of nitrogens with one attached hydrogen (secondary N) is 1. The van der Waals surface area contributed by atoms with Crippen LogP contribution in [0.15, 0.2) is 17.1 Å². The Bertz CT molecular complexity index is 805. The second-order valence-electron chi connectivity index (χ2n) is 9.60. The maximum absolute atomic E-state index is 13.8. The molecule has 7 heteroatoms. The monoisotopic (exact) mass is 417 g/mol. The van der Waals surface area contributed by atoms with Crippen molar-refractivity contribution in [1.29, 1.82) is 0 Å². The number of guanidine groups is 1. The molecule has 2 aliphatic carbocycles. The van der Waals surface area contributed by atoms with Crippen LogP contribution in [0.2, 0.25) is 0 Å². The smallest absolute Gasteiger partial charge is 0.199 e. The minimum absolute atomic E-state index is 0.405. The first kappa shape index (κ1) is 20.2. The molecular formula is C23H33F2N5. The highest BCUT2D eigenvalue weighted by atomic mass is 19.2. The van der Waals surface area contributed by atoms with Crippen LogP contribution in [-0.4, -0.2) is 73.0 Å². The molecule has 1 aromatic rings. The Labute approximate surface area is 178 Å². The van der Waals surface area contributed by atoms with Gasteiger partial charge < -0.3 is 20.0 Å². The molecule has 1 saturated heterocycles. The molecule has 0 radical (unpaired) electrons. The fourth-order valence-corrected chi connectivity index (χ4v) is 5.42. The first-order valence-corrected chi connectivity index (χ1v) is 11.5. The van der Waals surface area contributed by atoms with Crippen LogP contribution in [0.3, 0.4) is 0 Å². The fourth-order valence-electron chi connectivity index (χ4n) is 5.42. The van der Waals surface area contributed by atoms with Crippen LogP contribution < -0.4 is 5.32 Å². The molecule has 3 unspecified atom stereocenters. The third-order valence-corrected chi connectivity index (χ3v) is 7.49. The number of anilines is 1. The lowest BCUT2D eigenvalue weighted by atomic mass is 9.94. The molecule has 2 heterocycles. The summed E-state index contributed by atoms with van der Waals surface area (Å²) in [4.78, 5) is 12.1. The van der Waals surface area contributed by atoms with Gasteiger partial charge in [-0.2, -0.15) is 0 Å². The van der Waals surface area contributed by atoms with Gasteiger partial charge in [-0.05, 0) is 63.6 Å². The zero-order valence-electron chi connectivity index (χ0n) is 17.9. The number of rotatable bonds is 5. The van der Waals surface area contributed by atoms with E-state index >= 15 is 0 Å². The summed E-state index contributed by atoms with van der Waals surface area (Å²) in [5.41, 5.74) is 1.38. The van der Waals surface area contributed by atoms with Crippen molar-refractivity contribution in [1.82, 2.24) is 14.7 Å². The second-order valence-corrected chi connectivity index (χ2v) is 9.60. The van der Waals surface area contributed by atoms with Crippen molar-refractivity contribution in [3.05, 3.63) is 29.3 Å². The number of likely N-dealkylation sites (N-methyl/N-ethyl adjacent to an activating group) is 1. The molecule has 1 aromatic carbocycles. The molecule has 0 bridgehead atoms. The predicted molar refractivity (Wildman–Crippen MR) is 116 cm³/mol. The van der Waals surface area contributed by atoms with E-state index in [9.17, 15) is 8.78 Å². The van der Waals surface area contributed by atoms with E-state index in [2.05, 4.69) is 27.1 Å². The Hall–Kier alpha value is -1.73. The average molecular weight is 418 g/mol. The summed E-state index contributed by atoms with van der Waals surface area (Å²) in [5, 5.41) is 3.33. The van der Waals surface area contributed by atoms with E-state index in [1.165, 1.54) is 37.8 Å². The molecule has 5 rings (SSSR count). The number of hydrogen-bond acceptors (Lipinski definition) is 5. The third-order valence-electron chi connectivity index (χ3n) is 7.49. The van der Waals surface area contributed by atoms with Gasteiger partial charge in [0.25, 0.3) is 0 Å². The van der Waals surface area contributed by atoms with Crippen LogP contribution in [-0.2, 0) is 6.54 Å². The standard InChI is InChI=1S/C23H33F2N5/c1-28-7-9-29(10-8-28)5-2-6-30(19-4-3-16-11-17(16)12-19)23-26-15-18-13-20(24)21(25)14-22(18)27-23/h13-14,16-17,19H,2-12,15H2,1H3,(H,26,27). The Balaban J connectivity index is 1.26. The second kappa shape index (κ2) is 8.42. The van der Waals surface area contributed by atoms with Gasteiger partial charge in [0.15, 0.2) is 17.6 Å². The van der Waals surface area contributed by atoms with Crippen molar-refractivity contribution in [2.24, 2.45) is 16.8 Å². The van der Waals surface area contributed by atoms with Crippen molar-refractivity contribution in [2.75, 3.05) is 51.6 Å². The first-order chi connectivity index (χ1) is 14.6. The van der Waals surface area contributed by atoms with Gasteiger partial charge in [-0.15, -0.1) is 0 Å². The SMILES string of the molecule is CN1CCN(CCCN(C2=NCc3cc(F)c(F)cc3N2)C2CCC3CC3C2)CC1. The van der Waals surface area contributed by atoms with Crippen LogP contribution in [0, 0.1) is 23.5 Å². The van der Waals surface area contributed by atoms with Crippen LogP contribution in [0.5, 0.6) is 0 Å². The van der Waals surface area contributed by atoms with Crippen LogP contribution in [0.4, 0.5) is 14.5 Å². The van der Waals surface area contributed by atoms with Crippen molar-refractivity contribution < 1.29 is 8.78 Å². The Morgan fingerprint density at radius 2 is 1.87 bits per heavy atom. The lowest BCUT2D eigenvalue weighted by Crippen LogP contribution is -2.48. The number of halogens is 2. The summed E-state index contributed by atoms with van der Waals surface area (Å²) < 4.78 is 27.4. The fraction of sp³-hybridized carbons (Fsp3) is 0.696. The average Bonchev–Trinajstić information content (AvgIpc) is 3.52. The maximum Gasteiger partial charge on any atom is 0.199 e. The van der Waals surface area contributed by atoms with Gasteiger partial charge in [0, 0.05) is 56.1 Å². The summed E-state index contributed by atoms with van der Waals surface area (Å²) in [6.07, 6.45) is 6.25. The van der Waals surface area contributed by atoms with Gasteiger partial charge in [-0.1, -0.05) is 0 Å². The van der Waals surface area contributed by atoms with Crippen molar-refractivity contribution in [3.8, 4) is 0 Å². The molecule has 0 amide bonds. The molecule has 0 aromatic heterocycles. The lowest BCUT2D eigenvalue weighted by molar-refractivity contribution is 0.145. The quantitative estimate of drug-likeness (QED) is 0.797. The highest BCUT2D eigenvalue weighted by Crippen LogP contribution is 2.50. The topological polar surface area (TPSA) is 34.1 Å². The molecule has 2 saturated carbocycles. The van der Waals surface area contributed by atoms with Crippen molar-refractivity contribution in [2.45, 2.75) is 44.7 Å². The number of benzene rings is 1. The number of piperazine rings is 1. The van der Waals surface area contributed by atoms with E-state index in [1.807, 2.05) is 0 Å². The summed E-state index contributed by atoms with van der Waals surface area (Å²) in [7, 11) is 2.19. The number of aliphatic imine (C=N–C) groups is 1. The van der Waals surface area contributed by atoms with E-state index in [0.29, 0.717) is 18.3 Å².